The Bertz CT molecular complexity index is 1360. The Morgan fingerprint density at radius 1 is 1.00 bits per heavy atom. The summed E-state index contributed by atoms with van der Waals surface area (Å²) in [6.45, 7) is 5.21. The van der Waals surface area contributed by atoms with Gasteiger partial charge in [0.05, 0.1) is 6.54 Å². The van der Waals surface area contributed by atoms with Gasteiger partial charge in [0.1, 0.15) is 17.9 Å². The molecule has 0 bridgehead atoms. The van der Waals surface area contributed by atoms with Gasteiger partial charge >= 0.3 is 6.03 Å². The van der Waals surface area contributed by atoms with Gasteiger partial charge in [-0.3, -0.25) is 19.8 Å². The molecule has 2 fully saturated rings. The number of carbonyl (C=O) groups is 3. The van der Waals surface area contributed by atoms with Gasteiger partial charge in [-0.25, -0.2) is 4.79 Å². The summed E-state index contributed by atoms with van der Waals surface area (Å²) in [5.74, 6) is -0.327. The first kappa shape index (κ1) is 23.9. The van der Waals surface area contributed by atoms with Crippen molar-refractivity contribution in [3.8, 4) is 5.75 Å². The normalized spacial score (nSPS) is 18.2. The molecule has 7 nitrogen and oxygen atoms in total. The fraction of sp³-hybridized carbons (Fsp3) is 0.345. The lowest BCUT2D eigenvalue weighted by Gasteiger charge is -2.35. The third-order valence-corrected chi connectivity index (χ3v) is 7.27. The third kappa shape index (κ3) is 4.65. The van der Waals surface area contributed by atoms with Crippen molar-refractivity contribution in [3.05, 3.63) is 70.9 Å². The largest absolute Gasteiger partial charge is 0.492 e. The van der Waals surface area contributed by atoms with Crippen molar-refractivity contribution < 1.29 is 19.1 Å². The maximum Gasteiger partial charge on any atom is 0.331 e. The molecule has 1 aromatic heterocycles. The Kier molecular flexibility index (Phi) is 6.63. The molecule has 0 radical (unpaired) electrons. The van der Waals surface area contributed by atoms with Gasteiger partial charge in [0.2, 0.25) is 0 Å². The summed E-state index contributed by atoms with van der Waals surface area (Å²) in [4.78, 5) is 39.8. The van der Waals surface area contributed by atoms with Gasteiger partial charge in [-0.15, -0.1) is 0 Å². The van der Waals surface area contributed by atoms with Crippen molar-refractivity contribution in [2.75, 3.05) is 6.61 Å². The first-order chi connectivity index (χ1) is 17.4. The van der Waals surface area contributed by atoms with E-state index in [1.807, 2.05) is 48.7 Å². The standard InChI is InChI=1S/C29H31N3O4/c1-19-12-13-23(16-20(19)2)36-15-14-31-18-21(24-10-6-7-11-26(24)31)17-25-27(33)30-29(35)32(28(25)34)22-8-4-3-5-9-22/h6-7,10-13,16-18,22H,3-5,8-9,14-15H2,1-2H3,(H,30,33,35)/b25-17-. The Morgan fingerprint density at radius 3 is 2.56 bits per heavy atom. The molecule has 1 saturated carbocycles. The Morgan fingerprint density at radius 2 is 1.78 bits per heavy atom. The molecule has 0 spiro atoms. The highest BCUT2D eigenvalue weighted by Gasteiger charge is 2.40. The number of nitrogens with one attached hydrogen (secondary N) is 1. The summed E-state index contributed by atoms with van der Waals surface area (Å²) in [7, 11) is 0. The van der Waals surface area contributed by atoms with Crippen LogP contribution in [-0.4, -0.2) is 40.0 Å². The minimum atomic E-state index is -0.646. The van der Waals surface area contributed by atoms with Gasteiger partial charge in [0, 0.05) is 28.7 Å². The highest BCUT2D eigenvalue weighted by Crippen LogP contribution is 2.28. The van der Waals surface area contributed by atoms with Gasteiger partial charge in [-0.05, 0) is 62.1 Å². The van der Waals surface area contributed by atoms with Gasteiger partial charge in [-0.2, -0.15) is 0 Å². The van der Waals surface area contributed by atoms with E-state index < -0.39 is 17.8 Å². The molecule has 3 aromatic rings. The molecule has 1 saturated heterocycles. The van der Waals surface area contributed by atoms with Gasteiger partial charge < -0.3 is 9.30 Å². The number of hydrogen-bond donors (Lipinski definition) is 1. The third-order valence-electron chi connectivity index (χ3n) is 7.27. The van der Waals surface area contributed by atoms with Crippen molar-refractivity contribution >= 4 is 34.8 Å². The van der Waals surface area contributed by atoms with E-state index in [4.69, 9.17) is 4.74 Å². The lowest BCUT2D eigenvalue weighted by atomic mass is 9.93. The number of rotatable bonds is 6. The molecule has 2 heterocycles. The second-order valence-electron chi connectivity index (χ2n) is 9.67. The van der Waals surface area contributed by atoms with Crippen LogP contribution in [0.1, 0.15) is 48.8 Å². The van der Waals surface area contributed by atoms with Crippen LogP contribution in [0.25, 0.3) is 17.0 Å². The number of amides is 4. The minimum absolute atomic E-state index is 0.00513. The fourth-order valence-electron chi connectivity index (χ4n) is 5.14. The van der Waals surface area contributed by atoms with E-state index in [0.29, 0.717) is 13.2 Å². The van der Waals surface area contributed by atoms with Crippen LogP contribution in [0.15, 0.2) is 54.2 Å². The summed E-state index contributed by atoms with van der Waals surface area (Å²) in [6.07, 6.45) is 8.17. The number of nitrogens with zero attached hydrogens (tertiary/aromatic N) is 2. The van der Waals surface area contributed by atoms with Crippen LogP contribution in [-0.2, 0) is 16.1 Å². The summed E-state index contributed by atoms with van der Waals surface area (Å²) in [6, 6.07) is 13.2. The Balaban J connectivity index is 1.40. The highest BCUT2D eigenvalue weighted by molar-refractivity contribution is 6.31. The van der Waals surface area contributed by atoms with E-state index in [0.717, 1.165) is 54.3 Å². The first-order valence-electron chi connectivity index (χ1n) is 12.6. The molecular formula is C29H31N3O4. The number of ether oxygens (including phenoxy) is 1. The summed E-state index contributed by atoms with van der Waals surface area (Å²) < 4.78 is 8.05. The Hall–Kier alpha value is -3.87. The smallest absolute Gasteiger partial charge is 0.331 e. The average molecular weight is 486 g/mol. The first-order valence-corrected chi connectivity index (χ1v) is 12.6. The molecule has 0 unspecified atom stereocenters. The van der Waals surface area contributed by atoms with Crippen molar-refractivity contribution in [1.29, 1.82) is 0 Å². The van der Waals surface area contributed by atoms with Crippen molar-refractivity contribution in [2.45, 2.75) is 58.5 Å². The van der Waals surface area contributed by atoms with Crippen LogP contribution < -0.4 is 10.1 Å². The number of barbiturate groups is 1. The average Bonchev–Trinajstić information content (AvgIpc) is 3.22. The van der Waals surface area contributed by atoms with Crippen LogP contribution in [0.4, 0.5) is 4.79 Å². The molecule has 4 amide bonds. The molecule has 1 aliphatic carbocycles. The molecule has 186 valence electrons. The molecule has 36 heavy (non-hydrogen) atoms. The number of benzene rings is 2. The number of urea groups is 1. The quantitative estimate of drug-likeness (QED) is 0.388. The van der Waals surface area contributed by atoms with E-state index in [1.54, 1.807) is 6.08 Å². The molecular weight excluding hydrogens is 454 g/mol. The fourth-order valence-corrected chi connectivity index (χ4v) is 5.14. The van der Waals surface area contributed by atoms with Crippen molar-refractivity contribution in [1.82, 2.24) is 14.8 Å². The molecule has 2 aliphatic rings. The SMILES string of the molecule is Cc1ccc(OCCn2cc(/C=C3/C(=O)NC(=O)N(C4CCCCC4)C3=O)c3ccccc32)cc1C. The zero-order chi connectivity index (χ0) is 25.2. The summed E-state index contributed by atoms with van der Waals surface area (Å²) in [5, 5.41) is 3.30. The zero-order valence-electron chi connectivity index (χ0n) is 20.8. The number of para-hydroxylation sites is 1. The van der Waals surface area contributed by atoms with Crippen LogP contribution in [0, 0.1) is 13.8 Å². The Labute approximate surface area is 210 Å². The number of fused-ring (bicyclic) bond motifs is 1. The van der Waals surface area contributed by atoms with Gasteiger partial charge in [0.15, 0.2) is 0 Å². The summed E-state index contributed by atoms with van der Waals surface area (Å²) in [5.41, 5.74) is 4.14. The maximum atomic E-state index is 13.3. The molecule has 1 aliphatic heterocycles. The van der Waals surface area contributed by atoms with Crippen LogP contribution >= 0.6 is 0 Å². The molecule has 1 N–H and O–H groups in total. The lowest BCUT2D eigenvalue weighted by molar-refractivity contribution is -0.132. The number of imide groups is 2. The predicted octanol–water partition coefficient (Wildman–Crippen LogP) is 5.13. The predicted molar refractivity (Wildman–Crippen MR) is 139 cm³/mol. The van der Waals surface area contributed by atoms with Crippen LogP contribution in [0.5, 0.6) is 5.75 Å². The van der Waals surface area contributed by atoms with Gasteiger partial charge in [0.25, 0.3) is 11.8 Å². The highest BCUT2D eigenvalue weighted by atomic mass is 16.5. The van der Waals surface area contributed by atoms with E-state index in [1.165, 1.54) is 16.0 Å². The maximum absolute atomic E-state index is 13.3. The van der Waals surface area contributed by atoms with E-state index in [-0.39, 0.29) is 11.6 Å². The number of aromatic nitrogens is 1. The van der Waals surface area contributed by atoms with Gasteiger partial charge in [-0.1, -0.05) is 43.5 Å². The molecule has 5 rings (SSSR count). The number of carbonyl (C=O) groups excluding carboxylic acids is 3. The van der Waals surface area contributed by atoms with Crippen molar-refractivity contribution in [3.63, 3.8) is 0 Å². The molecule has 0 atom stereocenters. The topological polar surface area (TPSA) is 80.6 Å². The van der Waals surface area contributed by atoms with E-state index >= 15 is 0 Å². The zero-order valence-corrected chi connectivity index (χ0v) is 20.8. The van der Waals surface area contributed by atoms with Crippen LogP contribution in [0.2, 0.25) is 0 Å². The minimum Gasteiger partial charge on any atom is -0.492 e. The van der Waals surface area contributed by atoms with E-state index in [9.17, 15) is 14.4 Å². The summed E-state index contributed by atoms with van der Waals surface area (Å²) >= 11 is 0. The monoisotopic (exact) mass is 485 g/mol. The second-order valence-corrected chi connectivity index (χ2v) is 9.67. The number of hydrogen-bond acceptors (Lipinski definition) is 4. The second kappa shape index (κ2) is 10.0. The van der Waals surface area contributed by atoms with Crippen molar-refractivity contribution in [2.24, 2.45) is 0 Å². The molecule has 2 aromatic carbocycles. The van der Waals surface area contributed by atoms with Crippen LogP contribution in [0.3, 0.4) is 0 Å². The van der Waals surface area contributed by atoms with E-state index in [2.05, 4.69) is 23.7 Å². The number of aryl methyl sites for hydroxylation is 2. The molecule has 7 heteroatoms. The lowest BCUT2D eigenvalue weighted by Crippen LogP contribution is -2.58.